The lowest BCUT2D eigenvalue weighted by atomic mass is 10.3. The Morgan fingerprint density at radius 3 is 2.94 bits per heavy atom. The summed E-state index contributed by atoms with van der Waals surface area (Å²) in [5, 5.41) is 3.29. The molecule has 0 aliphatic carbocycles. The molecule has 2 nitrogen and oxygen atoms in total. The quantitative estimate of drug-likeness (QED) is 0.597. The average Bonchev–Trinajstić information content (AvgIpc) is 2.31. The molecule has 0 aliphatic rings. The fourth-order valence-corrected chi connectivity index (χ4v) is 1.42. The largest absolute Gasteiger partial charge is 0.489 e. The number of hydrogen-bond acceptors (Lipinski definition) is 2. The van der Waals surface area contributed by atoms with Gasteiger partial charge in [0, 0.05) is 12.6 Å². The van der Waals surface area contributed by atoms with Gasteiger partial charge in [-0.1, -0.05) is 25.1 Å². The number of hydrogen-bond donors (Lipinski definition) is 1. The van der Waals surface area contributed by atoms with Gasteiger partial charge in [-0.25, -0.2) is 4.39 Å². The van der Waals surface area contributed by atoms with Gasteiger partial charge >= 0.3 is 0 Å². The summed E-state index contributed by atoms with van der Waals surface area (Å²) in [5.41, 5.74) is 0.943. The Balaban J connectivity index is 2.34. The molecule has 0 bridgehead atoms. The molecule has 1 rings (SSSR count). The molecule has 0 spiro atoms. The Kier molecular flexibility index (Phi) is 6.01. The molecule has 1 N–H and O–H groups in total. The smallest absolute Gasteiger partial charge is 0.142 e. The first-order chi connectivity index (χ1) is 8.13. The Hall–Kier alpha value is -1.06. The number of benzene rings is 1. The molecule has 0 saturated carbocycles. The van der Waals surface area contributed by atoms with E-state index in [0.29, 0.717) is 12.4 Å². The zero-order chi connectivity index (χ0) is 12.7. The molecule has 0 aliphatic heterocycles. The van der Waals surface area contributed by atoms with Gasteiger partial charge in [0.15, 0.2) is 0 Å². The van der Waals surface area contributed by atoms with Crippen molar-refractivity contribution in [3.8, 4) is 5.75 Å². The second-order valence-corrected chi connectivity index (χ2v) is 4.20. The van der Waals surface area contributed by atoms with Crippen LogP contribution in [0.5, 0.6) is 5.75 Å². The van der Waals surface area contributed by atoms with Gasteiger partial charge in [-0.3, -0.25) is 0 Å². The van der Waals surface area contributed by atoms with E-state index in [4.69, 9.17) is 16.3 Å². The van der Waals surface area contributed by atoms with Crippen LogP contribution >= 0.6 is 11.6 Å². The SMILES string of the molecule is C=C(CNCCC)COc1ccc(F)c(Cl)c1. The van der Waals surface area contributed by atoms with Crippen molar-refractivity contribution in [1.29, 1.82) is 0 Å². The fraction of sp³-hybridized carbons (Fsp3) is 0.385. The standard InChI is InChI=1S/C13H17ClFNO/c1-3-6-16-8-10(2)9-17-11-4-5-13(15)12(14)7-11/h4-5,7,16H,2-3,6,8-9H2,1H3. The van der Waals surface area contributed by atoms with Crippen LogP contribution in [0.3, 0.4) is 0 Å². The van der Waals surface area contributed by atoms with Crippen molar-refractivity contribution in [2.75, 3.05) is 19.7 Å². The molecular formula is C13H17ClFNO. The van der Waals surface area contributed by atoms with Crippen LogP contribution in [0.25, 0.3) is 0 Å². The summed E-state index contributed by atoms with van der Waals surface area (Å²) in [4.78, 5) is 0. The molecule has 1 aromatic carbocycles. The molecule has 0 unspecified atom stereocenters. The van der Waals surface area contributed by atoms with Crippen molar-refractivity contribution in [1.82, 2.24) is 5.32 Å². The van der Waals surface area contributed by atoms with E-state index in [9.17, 15) is 4.39 Å². The second-order valence-electron chi connectivity index (χ2n) is 3.79. The first-order valence-electron chi connectivity index (χ1n) is 5.58. The summed E-state index contributed by atoms with van der Waals surface area (Å²) in [6.07, 6.45) is 1.09. The molecule has 0 saturated heterocycles. The van der Waals surface area contributed by atoms with E-state index < -0.39 is 5.82 Å². The lowest BCUT2D eigenvalue weighted by Crippen LogP contribution is -2.20. The third-order valence-electron chi connectivity index (χ3n) is 2.14. The van der Waals surface area contributed by atoms with Crippen LogP contribution in [0, 0.1) is 5.82 Å². The van der Waals surface area contributed by atoms with Crippen LogP contribution in [0.4, 0.5) is 4.39 Å². The van der Waals surface area contributed by atoms with Crippen molar-refractivity contribution < 1.29 is 9.13 Å². The number of rotatable bonds is 7. The Bertz CT molecular complexity index is 382. The molecule has 0 aromatic heterocycles. The van der Waals surface area contributed by atoms with Crippen molar-refractivity contribution in [2.45, 2.75) is 13.3 Å². The topological polar surface area (TPSA) is 21.3 Å². The molecule has 94 valence electrons. The van der Waals surface area contributed by atoms with Crippen LogP contribution in [0.2, 0.25) is 5.02 Å². The van der Waals surface area contributed by atoms with Crippen molar-refractivity contribution in [3.05, 3.63) is 41.2 Å². The van der Waals surface area contributed by atoms with Gasteiger partial charge in [0.25, 0.3) is 0 Å². The highest BCUT2D eigenvalue weighted by Crippen LogP contribution is 2.21. The number of halogens is 2. The number of nitrogens with one attached hydrogen (secondary N) is 1. The van der Waals surface area contributed by atoms with Crippen LogP contribution in [0.1, 0.15) is 13.3 Å². The van der Waals surface area contributed by atoms with Gasteiger partial charge in [0.05, 0.1) is 5.02 Å². The first kappa shape index (κ1) is 14.0. The minimum Gasteiger partial charge on any atom is -0.489 e. The maximum absolute atomic E-state index is 12.9. The van der Waals surface area contributed by atoms with E-state index in [2.05, 4.69) is 18.8 Å². The summed E-state index contributed by atoms with van der Waals surface area (Å²) in [5.74, 6) is 0.107. The second kappa shape index (κ2) is 7.30. The minimum atomic E-state index is -0.442. The van der Waals surface area contributed by atoms with E-state index in [1.54, 1.807) is 6.07 Å². The molecule has 1 aromatic rings. The van der Waals surface area contributed by atoms with Gasteiger partial charge < -0.3 is 10.1 Å². The van der Waals surface area contributed by atoms with Gasteiger partial charge in [-0.15, -0.1) is 0 Å². The van der Waals surface area contributed by atoms with Crippen LogP contribution in [-0.2, 0) is 0 Å². The van der Waals surface area contributed by atoms with Gasteiger partial charge in [-0.05, 0) is 30.7 Å². The molecule has 0 radical (unpaired) electrons. The van der Waals surface area contributed by atoms with Crippen LogP contribution < -0.4 is 10.1 Å². The molecule has 0 atom stereocenters. The van der Waals surface area contributed by atoms with Crippen LogP contribution in [-0.4, -0.2) is 19.7 Å². The van der Waals surface area contributed by atoms with E-state index >= 15 is 0 Å². The molecule has 0 fully saturated rings. The normalized spacial score (nSPS) is 10.3. The summed E-state index contributed by atoms with van der Waals surface area (Å²) in [7, 11) is 0. The highest BCUT2D eigenvalue weighted by molar-refractivity contribution is 6.30. The lowest BCUT2D eigenvalue weighted by molar-refractivity contribution is 0.348. The minimum absolute atomic E-state index is 0.0669. The molecule has 4 heteroatoms. The lowest BCUT2D eigenvalue weighted by Gasteiger charge is -2.09. The van der Waals surface area contributed by atoms with E-state index in [0.717, 1.165) is 25.1 Å². The summed E-state index contributed by atoms with van der Waals surface area (Å²) >= 11 is 5.64. The van der Waals surface area contributed by atoms with Crippen molar-refractivity contribution in [3.63, 3.8) is 0 Å². The summed E-state index contributed by atoms with van der Waals surface area (Å²) in [6, 6.07) is 4.30. The maximum atomic E-state index is 12.9. The summed E-state index contributed by atoms with van der Waals surface area (Å²) < 4.78 is 18.3. The highest BCUT2D eigenvalue weighted by Gasteiger charge is 2.02. The fourth-order valence-electron chi connectivity index (χ4n) is 1.25. The molecule has 0 heterocycles. The third kappa shape index (κ3) is 5.20. The number of ether oxygens (including phenoxy) is 1. The van der Waals surface area contributed by atoms with Crippen molar-refractivity contribution in [2.24, 2.45) is 0 Å². The zero-order valence-electron chi connectivity index (χ0n) is 9.93. The Morgan fingerprint density at radius 1 is 1.53 bits per heavy atom. The van der Waals surface area contributed by atoms with Crippen LogP contribution in [0.15, 0.2) is 30.4 Å². The highest BCUT2D eigenvalue weighted by atomic mass is 35.5. The van der Waals surface area contributed by atoms with Crippen molar-refractivity contribution >= 4 is 11.6 Å². The third-order valence-corrected chi connectivity index (χ3v) is 2.43. The zero-order valence-corrected chi connectivity index (χ0v) is 10.7. The Labute approximate surface area is 106 Å². The maximum Gasteiger partial charge on any atom is 0.142 e. The average molecular weight is 258 g/mol. The molecular weight excluding hydrogens is 241 g/mol. The predicted octanol–water partition coefficient (Wildman–Crippen LogP) is 3.41. The predicted molar refractivity (Wildman–Crippen MR) is 69.2 cm³/mol. The first-order valence-corrected chi connectivity index (χ1v) is 5.96. The van der Waals surface area contributed by atoms with Gasteiger partial charge in [-0.2, -0.15) is 0 Å². The molecule has 17 heavy (non-hydrogen) atoms. The summed E-state index contributed by atoms with van der Waals surface area (Å²) in [6.45, 7) is 8.08. The van der Waals surface area contributed by atoms with E-state index in [1.165, 1.54) is 12.1 Å². The Morgan fingerprint density at radius 2 is 2.29 bits per heavy atom. The van der Waals surface area contributed by atoms with Gasteiger partial charge in [0.1, 0.15) is 18.2 Å². The molecule has 0 amide bonds. The van der Waals surface area contributed by atoms with Gasteiger partial charge in [0.2, 0.25) is 0 Å². The van der Waals surface area contributed by atoms with E-state index in [1.807, 2.05) is 0 Å². The van der Waals surface area contributed by atoms with E-state index in [-0.39, 0.29) is 5.02 Å². The monoisotopic (exact) mass is 257 g/mol.